The van der Waals surface area contributed by atoms with Gasteiger partial charge in [-0.3, -0.25) is 4.90 Å². The normalized spacial score (nSPS) is 35.0. The van der Waals surface area contributed by atoms with Crippen LogP contribution in [0.4, 0.5) is 5.69 Å². The van der Waals surface area contributed by atoms with Crippen LogP contribution in [-0.4, -0.2) is 28.7 Å². The molecule has 3 unspecified atom stereocenters. The molecule has 27 heavy (non-hydrogen) atoms. The number of para-hydroxylation sites is 1. The molecule has 2 nitrogen and oxygen atoms in total. The standard InChI is InChI=1S/C25H38N2/c1-18-12-10-11-15-21(18)26-19(2)22-16-17-25(6,20-13-8-7-9-14-20)27(22)23(26)24(3,4)5/h10-12,15-17,19-20,22-23H,7-9,13-14H2,1-6H3/t19-,22?,23?,25?/m0/s1. The Hall–Kier alpha value is -1.28. The van der Waals surface area contributed by atoms with Crippen molar-refractivity contribution >= 4 is 5.69 Å². The van der Waals surface area contributed by atoms with Crippen molar-refractivity contribution in [2.75, 3.05) is 4.90 Å². The van der Waals surface area contributed by atoms with Crippen LogP contribution in [0.1, 0.15) is 72.3 Å². The van der Waals surface area contributed by atoms with Crippen molar-refractivity contribution in [2.45, 2.75) is 97.4 Å². The summed E-state index contributed by atoms with van der Waals surface area (Å²) >= 11 is 0. The van der Waals surface area contributed by atoms with E-state index in [0.29, 0.717) is 18.2 Å². The number of aryl methyl sites for hydroxylation is 1. The lowest BCUT2D eigenvalue weighted by atomic mass is 9.74. The highest BCUT2D eigenvalue weighted by Gasteiger charge is 2.58. The van der Waals surface area contributed by atoms with Crippen LogP contribution in [0.3, 0.4) is 0 Å². The van der Waals surface area contributed by atoms with Gasteiger partial charge in [-0.15, -0.1) is 0 Å². The largest absolute Gasteiger partial charge is 0.350 e. The molecule has 4 rings (SSSR count). The number of hydrogen-bond acceptors (Lipinski definition) is 2. The van der Waals surface area contributed by atoms with E-state index in [2.05, 4.69) is 87.8 Å². The second-order valence-electron chi connectivity index (χ2n) is 10.5. The maximum atomic E-state index is 2.90. The molecule has 4 atom stereocenters. The van der Waals surface area contributed by atoms with E-state index in [4.69, 9.17) is 0 Å². The smallest absolute Gasteiger partial charge is 0.0886 e. The van der Waals surface area contributed by atoms with Crippen LogP contribution in [0, 0.1) is 18.3 Å². The third kappa shape index (κ3) is 2.95. The van der Waals surface area contributed by atoms with Gasteiger partial charge in [-0.25, -0.2) is 0 Å². The zero-order valence-electron chi connectivity index (χ0n) is 18.2. The van der Waals surface area contributed by atoms with Gasteiger partial charge in [-0.1, -0.05) is 70.4 Å². The first-order chi connectivity index (χ1) is 12.7. The molecule has 0 bridgehead atoms. The summed E-state index contributed by atoms with van der Waals surface area (Å²) in [5, 5.41) is 0. The lowest BCUT2D eigenvalue weighted by Gasteiger charge is -2.50. The zero-order chi connectivity index (χ0) is 19.4. The summed E-state index contributed by atoms with van der Waals surface area (Å²) in [7, 11) is 0. The zero-order valence-corrected chi connectivity index (χ0v) is 18.2. The van der Waals surface area contributed by atoms with Gasteiger partial charge in [-0.05, 0) is 56.6 Å². The van der Waals surface area contributed by atoms with Crippen molar-refractivity contribution < 1.29 is 0 Å². The number of nitrogens with zero attached hydrogens (tertiary/aromatic N) is 2. The third-order valence-corrected chi connectivity index (χ3v) is 7.57. The molecule has 3 aliphatic rings. The molecular weight excluding hydrogens is 328 g/mol. The van der Waals surface area contributed by atoms with E-state index in [1.54, 1.807) is 0 Å². The van der Waals surface area contributed by atoms with Crippen LogP contribution in [0.2, 0.25) is 0 Å². The SMILES string of the molecule is Cc1ccccc1N1C(C(C)(C)C)N2C(C=CC2(C)C2CCCCC2)[C@@H]1C. The fraction of sp³-hybridized carbons (Fsp3) is 0.680. The van der Waals surface area contributed by atoms with Gasteiger partial charge < -0.3 is 4.90 Å². The van der Waals surface area contributed by atoms with Crippen LogP contribution < -0.4 is 4.90 Å². The molecule has 0 amide bonds. The van der Waals surface area contributed by atoms with Crippen molar-refractivity contribution in [3.8, 4) is 0 Å². The van der Waals surface area contributed by atoms with Crippen molar-refractivity contribution in [1.29, 1.82) is 0 Å². The van der Waals surface area contributed by atoms with Gasteiger partial charge in [-0.2, -0.15) is 0 Å². The minimum absolute atomic E-state index is 0.188. The van der Waals surface area contributed by atoms with Crippen molar-refractivity contribution in [3.05, 3.63) is 42.0 Å². The summed E-state index contributed by atoms with van der Waals surface area (Å²) in [4.78, 5) is 5.64. The Morgan fingerprint density at radius 3 is 2.33 bits per heavy atom. The summed E-state index contributed by atoms with van der Waals surface area (Å²) in [5.74, 6) is 0.793. The molecule has 1 saturated carbocycles. The quantitative estimate of drug-likeness (QED) is 0.579. The van der Waals surface area contributed by atoms with Gasteiger partial charge in [0.15, 0.2) is 0 Å². The summed E-state index contributed by atoms with van der Waals surface area (Å²) in [6.45, 7) is 14.5. The van der Waals surface area contributed by atoms with E-state index in [0.717, 1.165) is 5.92 Å². The van der Waals surface area contributed by atoms with Gasteiger partial charge >= 0.3 is 0 Å². The fourth-order valence-electron chi connectivity index (χ4n) is 6.21. The van der Waals surface area contributed by atoms with Gasteiger partial charge in [0.05, 0.1) is 12.2 Å². The summed E-state index contributed by atoms with van der Waals surface area (Å²) in [6, 6.07) is 9.97. The highest BCUT2D eigenvalue weighted by atomic mass is 15.5. The summed E-state index contributed by atoms with van der Waals surface area (Å²) in [6.07, 6.45) is 12.6. The highest BCUT2D eigenvalue weighted by Crippen LogP contribution is 2.52. The maximum Gasteiger partial charge on any atom is 0.0886 e. The van der Waals surface area contributed by atoms with E-state index < -0.39 is 0 Å². The minimum atomic E-state index is 0.188. The average molecular weight is 367 g/mol. The Labute approximate surface area is 166 Å². The van der Waals surface area contributed by atoms with Gasteiger partial charge in [0.1, 0.15) is 0 Å². The molecule has 1 aromatic rings. The molecule has 1 aromatic carbocycles. The molecule has 0 aromatic heterocycles. The number of benzene rings is 1. The Bertz CT molecular complexity index is 709. The molecule has 2 heteroatoms. The Balaban J connectivity index is 1.79. The Kier molecular flexibility index (Phi) is 4.70. The van der Waals surface area contributed by atoms with Gasteiger partial charge in [0.2, 0.25) is 0 Å². The van der Waals surface area contributed by atoms with Crippen molar-refractivity contribution in [3.63, 3.8) is 0 Å². The fourth-order valence-corrected chi connectivity index (χ4v) is 6.21. The lowest BCUT2D eigenvalue weighted by Crippen LogP contribution is -2.58. The van der Waals surface area contributed by atoms with E-state index >= 15 is 0 Å². The predicted octanol–water partition coefficient (Wildman–Crippen LogP) is 6.16. The second-order valence-corrected chi connectivity index (χ2v) is 10.5. The summed E-state index contributed by atoms with van der Waals surface area (Å²) in [5.41, 5.74) is 3.18. The van der Waals surface area contributed by atoms with Crippen molar-refractivity contribution in [1.82, 2.24) is 4.90 Å². The first-order valence-corrected chi connectivity index (χ1v) is 11.1. The second kappa shape index (κ2) is 6.65. The molecule has 148 valence electrons. The first kappa shape index (κ1) is 19.1. The van der Waals surface area contributed by atoms with E-state index in [1.165, 1.54) is 43.4 Å². The number of fused-ring (bicyclic) bond motifs is 1. The average Bonchev–Trinajstić information content (AvgIpc) is 3.13. The monoisotopic (exact) mass is 366 g/mol. The molecule has 2 aliphatic heterocycles. The molecule has 1 aliphatic carbocycles. The topological polar surface area (TPSA) is 6.48 Å². The van der Waals surface area contributed by atoms with Crippen LogP contribution in [0.15, 0.2) is 36.4 Å². The van der Waals surface area contributed by atoms with Crippen LogP contribution in [0.25, 0.3) is 0 Å². The van der Waals surface area contributed by atoms with E-state index in [-0.39, 0.29) is 11.0 Å². The maximum absolute atomic E-state index is 2.90. The third-order valence-electron chi connectivity index (χ3n) is 7.57. The van der Waals surface area contributed by atoms with Crippen molar-refractivity contribution in [2.24, 2.45) is 11.3 Å². The lowest BCUT2D eigenvalue weighted by molar-refractivity contribution is 0.0125. The molecular formula is C25H38N2. The van der Waals surface area contributed by atoms with Gasteiger partial charge in [0, 0.05) is 17.3 Å². The first-order valence-electron chi connectivity index (χ1n) is 11.1. The highest BCUT2D eigenvalue weighted by molar-refractivity contribution is 5.57. The van der Waals surface area contributed by atoms with E-state index in [9.17, 15) is 0 Å². The molecule has 0 spiro atoms. The number of hydrogen-bond donors (Lipinski definition) is 0. The molecule has 2 fully saturated rings. The molecule has 0 radical (unpaired) electrons. The van der Waals surface area contributed by atoms with E-state index in [1.807, 2.05) is 0 Å². The number of anilines is 1. The molecule has 0 N–H and O–H groups in total. The van der Waals surface area contributed by atoms with Crippen LogP contribution >= 0.6 is 0 Å². The number of rotatable bonds is 2. The molecule has 2 heterocycles. The van der Waals surface area contributed by atoms with Crippen LogP contribution in [-0.2, 0) is 0 Å². The Morgan fingerprint density at radius 2 is 1.70 bits per heavy atom. The predicted molar refractivity (Wildman–Crippen MR) is 116 cm³/mol. The minimum Gasteiger partial charge on any atom is -0.350 e. The Morgan fingerprint density at radius 1 is 1.04 bits per heavy atom. The van der Waals surface area contributed by atoms with Crippen LogP contribution in [0.5, 0.6) is 0 Å². The van der Waals surface area contributed by atoms with Gasteiger partial charge in [0.25, 0.3) is 0 Å². The summed E-state index contributed by atoms with van der Waals surface area (Å²) < 4.78 is 0. The molecule has 1 saturated heterocycles.